The number of likely N-dealkylation sites (tertiary alicyclic amines) is 1. The van der Waals surface area contributed by atoms with Gasteiger partial charge in [0.2, 0.25) is 0 Å². The Morgan fingerprint density at radius 1 is 1.21 bits per heavy atom. The van der Waals surface area contributed by atoms with Gasteiger partial charge in [-0.1, -0.05) is 18.5 Å². The van der Waals surface area contributed by atoms with Gasteiger partial charge in [-0.05, 0) is 62.4 Å². The molecule has 1 aliphatic heterocycles. The van der Waals surface area contributed by atoms with Crippen molar-refractivity contribution >= 4 is 17.7 Å². The zero-order valence-electron chi connectivity index (χ0n) is 16.8. The van der Waals surface area contributed by atoms with Crippen molar-refractivity contribution in [3.8, 4) is 5.75 Å². The van der Waals surface area contributed by atoms with E-state index < -0.39 is 0 Å². The van der Waals surface area contributed by atoms with E-state index >= 15 is 0 Å². The molecule has 0 spiro atoms. The van der Waals surface area contributed by atoms with Gasteiger partial charge in [0, 0.05) is 44.4 Å². The van der Waals surface area contributed by atoms with Crippen molar-refractivity contribution < 1.29 is 19.4 Å². The van der Waals surface area contributed by atoms with Gasteiger partial charge in [0.15, 0.2) is 0 Å². The first-order valence-corrected chi connectivity index (χ1v) is 10.6. The van der Waals surface area contributed by atoms with E-state index in [9.17, 15) is 4.79 Å². The minimum absolute atomic E-state index is 0.209. The molecule has 1 aliphatic rings. The molecule has 0 aromatic heterocycles. The number of amides is 1. The molecule has 1 heterocycles. The molecule has 1 aromatic carbocycles. The Morgan fingerprint density at radius 2 is 1.93 bits per heavy atom. The van der Waals surface area contributed by atoms with E-state index in [1.54, 1.807) is 29.2 Å². The van der Waals surface area contributed by atoms with Gasteiger partial charge < -0.3 is 24.4 Å². The fourth-order valence-corrected chi connectivity index (χ4v) is 3.51. The average Bonchev–Trinajstić information content (AvgIpc) is 2.71. The van der Waals surface area contributed by atoms with E-state index in [0.717, 1.165) is 71.6 Å². The van der Waals surface area contributed by atoms with Crippen molar-refractivity contribution in [2.24, 2.45) is 5.92 Å². The predicted octanol–water partition coefficient (Wildman–Crippen LogP) is 3.66. The molecule has 1 N–H and O–H groups in total. The number of nitrogens with zero attached hydrogens (tertiary/aromatic N) is 2. The highest BCUT2D eigenvalue weighted by molar-refractivity contribution is 6.30. The molecule has 0 aliphatic carbocycles. The van der Waals surface area contributed by atoms with E-state index in [-0.39, 0.29) is 12.7 Å². The quantitative estimate of drug-likeness (QED) is 0.562. The molecule has 0 saturated carbocycles. The third-order valence-electron chi connectivity index (χ3n) is 5.19. The van der Waals surface area contributed by atoms with Crippen molar-refractivity contribution in [1.29, 1.82) is 0 Å². The van der Waals surface area contributed by atoms with Crippen LogP contribution < -0.4 is 4.74 Å². The summed E-state index contributed by atoms with van der Waals surface area (Å²) >= 11 is 5.84. The Hall–Kier alpha value is -1.34. The molecule has 158 valence electrons. The second-order valence-corrected chi connectivity index (χ2v) is 7.60. The molecule has 1 aromatic rings. The fourth-order valence-electron chi connectivity index (χ4n) is 3.38. The van der Waals surface area contributed by atoms with E-state index in [4.69, 9.17) is 26.2 Å². The van der Waals surface area contributed by atoms with E-state index in [0.29, 0.717) is 16.7 Å². The van der Waals surface area contributed by atoms with Crippen LogP contribution >= 0.6 is 11.6 Å². The molecule has 0 atom stereocenters. The highest BCUT2D eigenvalue weighted by atomic mass is 35.5. The first kappa shape index (κ1) is 22.9. The number of ether oxygens (including phenoxy) is 2. The highest BCUT2D eigenvalue weighted by Gasteiger charge is 2.24. The number of carbonyl (C=O) groups is 1. The number of benzene rings is 1. The Labute approximate surface area is 173 Å². The fraction of sp³-hybridized carbons (Fsp3) is 0.667. The summed E-state index contributed by atoms with van der Waals surface area (Å²) in [4.78, 5) is 16.2. The molecule has 1 amide bonds. The van der Waals surface area contributed by atoms with Crippen molar-refractivity contribution in [2.45, 2.75) is 32.6 Å². The van der Waals surface area contributed by atoms with Crippen LogP contribution in [0.15, 0.2) is 24.3 Å². The molecular formula is C21H33ClN2O4. The molecule has 7 heteroatoms. The molecule has 28 heavy (non-hydrogen) atoms. The Balaban J connectivity index is 1.54. The van der Waals surface area contributed by atoms with Gasteiger partial charge in [0.25, 0.3) is 0 Å². The number of halogens is 1. The number of hydrogen-bond acceptors (Lipinski definition) is 5. The number of carbonyl (C=O) groups excluding carboxylic acids is 1. The minimum atomic E-state index is -0.291. The predicted molar refractivity (Wildman–Crippen MR) is 111 cm³/mol. The maximum Gasteiger partial charge on any atom is 0.415 e. The number of hydrogen-bond donors (Lipinski definition) is 1. The van der Waals surface area contributed by atoms with Crippen LogP contribution in [0.2, 0.25) is 5.02 Å². The van der Waals surface area contributed by atoms with Crippen molar-refractivity contribution in [2.75, 3.05) is 52.5 Å². The van der Waals surface area contributed by atoms with Crippen LogP contribution in [0.1, 0.15) is 32.6 Å². The lowest BCUT2D eigenvalue weighted by Crippen LogP contribution is -2.40. The maximum absolute atomic E-state index is 12.2. The van der Waals surface area contributed by atoms with Crippen LogP contribution in [0.25, 0.3) is 0 Å². The Kier molecular flexibility index (Phi) is 10.6. The lowest BCUT2D eigenvalue weighted by molar-refractivity contribution is 0.0902. The van der Waals surface area contributed by atoms with Crippen LogP contribution in [-0.4, -0.2) is 73.5 Å². The first-order valence-electron chi connectivity index (χ1n) is 10.3. The van der Waals surface area contributed by atoms with E-state index in [2.05, 4.69) is 11.8 Å². The first-order chi connectivity index (χ1) is 13.6. The molecule has 1 fully saturated rings. The van der Waals surface area contributed by atoms with Crippen molar-refractivity contribution in [3.63, 3.8) is 0 Å². The average molecular weight is 413 g/mol. The SMILES string of the molecule is CCN(CCO)CCCOCCC1CCN(C(=O)Oc2ccc(Cl)cc2)CC1. The molecule has 0 bridgehead atoms. The zero-order chi connectivity index (χ0) is 20.2. The number of rotatable bonds is 11. The molecule has 2 rings (SSSR count). The second-order valence-electron chi connectivity index (χ2n) is 7.16. The van der Waals surface area contributed by atoms with Crippen LogP contribution in [0.4, 0.5) is 4.79 Å². The Morgan fingerprint density at radius 3 is 2.57 bits per heavy atom. The van der Waals surface area contributed by atoms with Crippen LogP contribution in [-0.2, 0) is 4.74 Å². The third-order valence-corrected chi connectivity index (χ3v) is 5.44. The summed E-state index contributed by atoms with van der Waals surface area (Å²) in [5.41, 5.74) is 0. The number of aliphatic hydroxyl groups is 1. The van der Waals surface area contributed by atoms with Crippen LogP contribution in [0, 0.1) is 5.92 Å². The molecular weight excluding hydrogens is 380 g/mol. The van der Waals surface area contributed by atoms with Gasteiger partial charge in [0.1, 0.15) is 5.75 Å². The van der Waals surface area contributed by atoms with E-state index in [1.807, 2.05) is 0 Å². The zero-order valence-corrected chi connectivity index (χ0v) is 17.6. The van der Waals surface area contributed by atoms with Crippen molar-refractivity contribution in [1.82, 2.24) is 9.80 Å². The monoisotopic (exact) mass is 412 g/mol. The molecule has 0 radical (unpaired) electrons. The molecule has 6 nitrogen and oxygen atoms in total. The van der Waals surface area contributed by atoms with Gasteiger partial charge in [-0.25, -0.2) is 4.79 Å². The number of piperidine rings is 1. The number of likely N-dealkylation sites (N-methyl/N-ethyl adjacent to an activating group) is 1. The van der Waals surface area contributed by atoms with Gasteiger partial charge in [-0.3, -0.25) is 0 Å². The summed E-state index contributed by atoms with van der Waals surface area (Å²) in [6.45, 7) is 7.95. The van der Waals surface area contributed by atoms with Gasteiger partial charge in [0.05, 0.1) is 6.61 Å². The summed E-state index contributed by atoms with van der Waals surface area (Å²) in [7, 11) is 0. The normalized spacial score (nSPS) is 15.2. The summed E-state index contributed by atoms with van der Waals surface area (Å²) in [5, 5.41) is 9.60. The lowest BCUT2D eigenvalue weighted by atomic mass is 9.94. The van der Waals surface area contributed by atoms with Crippen LogP contribution in [0.3, 0.4) is 0 Å². The van der Waals surface area contributed by atoms with Gasteiger partial charge in [-0.2, -0.15) is 0 Å². The number of aliphatic hydroxyl groups excluding tert-OH is 1. The largest absolute Gasteiger partial charge is 0.415 e. The molecule has 0 unspecified atom stereocenters. The van der Waals surface area contributed by atoms with Crippen molar-refractivity contribution in [3.05, 3.63) is 29.3 Å². The highest BCUT2D eigenvalue weighted by Crippen LogP contribution is 2.22. The Bertz CT molecular complexity index is 562. The smallest absolute Gasteiger partial charge is 0.410 e. The maximum atomic E-state index is 12.2. The molecule has 1 saturated heterocycles. The summed E-state index contributed by atoms with van der Waals surface area (Å²) in [6.07, 6.45) is 3.70. The summed E-state index contributed by atoms with van der Waals surface area (Å²) < 4.78 is 11.2. The third kappa shape index (κ3) is 8.35. The minimum Gasteiger partial charge on any atom is -0.410 e. The second kappa shape index (κ2) is 13.0. The van der Waals surface area contributed by atoms with Crippen LogP contribution in [0.5, 0.6) is 5.75 Å². The lowest BCUT2D eigenvalue weighted by Gasteiger charge is -2.31. The topological polar surface area (TPSA) is 62.2 Å². The van der Waals surface area contributed by atoms with Gasteiger partial charge in [-0.15, -0.1) is 0 Å². The summed E-state index contributed by atoms with van der Waals surface area (Å²) in [5.74, 6) is 1.12. The summed E-state index contributed by atoms with van der Waals surface area (Å²) in [6, 6.07) is 6.83. The van der Waals surface area contributed by atoms with Gasteiger partial charge >= 0.3 is 6.09 Å². The standard InChI is InChI=1S/C21H33ClN2O4/c1-2-23(14-15-25)11-3-16-27-17-10-18-8-12-24(13-9-18)21(26)28-20-6-4-19(22)5-7-20/h4-7,18,25H,2-3,8-17H2,1H3. The van der Waals surface area contributed by atoms with E-state index in [1.165, 1.54) is 0 Å².